The second kappa shape index (κ2) is 10.2. The van der Waals surface area contributed by atoms with Crippen LogP contribution in [-0.4, -0.2) is 38.4 Å². The predicted octanol–water partition coefficient (Wildman–Crippen LogP) is 3.64. The van der Waals surface area contributed by atoms with Crippen molar-refractivity contribution < 1.29 is 19.0 Å². The van der Waals surface area contributed by atoms with Crippen molar-refractivity contribution in [1.29, 1.82) is 0 Å². The number of unbranched alkanes of at least 4 members (excludes halogenated alkanes) is 1. The molecule has 0 aliphatic rings. The highest BCUT2D eigenvalue weighted by atomic mass is 16.5. The van der Waals surface area contributed by atoms with Gasteiger partial charge < -0.3 is 19.5 Å². The molecule has 0 radical (unpaired) electrons. The van der Waals surface area contributed by atoms with E-state index in [-0.39, 0.29) is 5.91 Å². The summed E-state index contributed by atoms with van der Waals surface area (Å²) in [6.07, 6.45) is 2.68. The Labute approximate surface area is 139 Å². The molecule has 1 N–H and O–H groups in total. The van der Waals surface area contributed by atoms with Crippen LogP contribution in [0.1, 0.15) is 40.0 Å². The van der Waals surface area contributed by atoms with E-state index in [2.05, 4.69) is 12.2 Å². The highest BCUT2D eigenvalue weighted by molar-refractivity contribution is 5.97. The summed E-state index contributed by atoms with van der Waals surface area (Å²) in [5.41, 5.74) is -0.0743. The molecule has 0 bridgehead atoms. The van der Waals surface area contributed by atoms with Gasteiger partial charge in [-0.25, -0.2) is 0 Å². The molecule has 5 nitrogen and oxygen atoms in total. The second-order valence-corrected chi connectivity index (χ2v) is 5.56. The van der Waals surface area contributed by atoms with E-state index in [1.807, 2.05) is 38.1 Å². The Balaban J connectivity index is 2.54. The van der Waals surface area contributed by atoms with E-state index in [0.717, 1.165) is 24.3 Å². The summed E-state index contributed by atoms with van der Waals surface area (Å²) in [5, 5.41) is 2.90. The number of rotatable bonds is 11. The molecule has 0 spiro atoms. The number of carbonyl (C=O) groups excluding carboxylic acids is 1. The van der Waals surface area contributed by atoms with Crippen molar-refractivity contribution >= 4 is 11.6 Å². The van der Waals surface area contributed by atoms with Crippen LogP contribution in [0.5, 0.6) is 5.75 Å². The fourth-order valence-corrected chi connectivity index (χ4v) is 2.08. The van der Waals surface area contributed by atoms with Crippen molar-refractivity contribution in [2.45, 2.75) is 45.6 Å². The average molecular weight is 323 g/mol. The van der Waals surface area contributed by atoms with Crippen molar-refractivity contribution in [2.75, 3.05) is 32.2 Å². The molecule has 1 aromatic carbocycles. The number of hydrogen-bond donors (Lipinski definition) is 1. The molecule has 130 valence electrons. The van der Waals surface area contributed by atoms with Crippen molar-refractivity contribution in [1.82, 2.24) is 0 Å². The third kappa shape index (κ3) is 6.59. The van der Waals surface area contributed by atoms with Crippen LogP contribution in [0.15, 0.2) is 24.3 Å². The van der Waals surface area contributed by atoms with Gasteiger partial charge in [-0.05, 0) is 44.5 Å². The minimum absolute atomic E-state index is 0.126. The van der Waals surface area contributed by atoms with Gasteiger partial charge in [0.15, 0.2) is 0 Å². The van der Waals surface area contributed by atoms with E-state index in [0.29, 0.717) is 26.2 Å². The molecule has 0 heterocycles. The Morgan fingerprint density at radius 1 is 1.17 bits per heavy atom. The SMILES string of the molecule is CCCC[C@@](C)(OC)C(=O)Nc1ccc(OCCOCC)cc1. The van der Waals surface area contributed by atoms with Gasteiger partial charge in [-0.2, -0.15) is 0 Å². The molecule has 0 fully saturated rings. The fourth-order valence-electron chi connectivity index (χ4n) is 2.08. The predicted molar refractivity (Wildman–Crippen MR) is 92.0 cm³/mol. The largest absolute Gasteiger partial charge is 0.491 e. The number of nitrogens with one attached hydrogen (secondary N) is 1. The third-order valence-corrected chi connectivity index (χ3v) is 3.75. The van der Waals surface area contributed by atoms with Gasteiger partial charge in [0.2, 0.25) is 0 Å². The third-order valence-electron chi connectivity index (χ3n) is 3.75. The van der Waals surface area contributed by atoms with Crippen LogP contribution >= 0.6 is 0 Å². The minimum atomic E-state index is -0.803. The molecule has 0 aliphatic heterocycles. The lowest BCUT2D eigenvalue weighted by Gasteiger charge is -2.26. The Hall–Kier alpha value is -1.59. The number of methoxy groups -OCH3 is 1. The maximum atomic E-state index is 12.4. The number of ether oxygens (including phenoxy) is 3. The van der Waals surface area contributed by atoms with Crippen LogP contribution in [0.2, 0.25) is 0 Å². The van der Waals surface area contributed by atoms with Crippen LogP contribution < -0.4 is 10.1 Å². The molecule has 1 aromatic rings. The van der Waals surface area contributed by atoms with Gasteiger partial charge in [-0.3, -0.25) is 4.79 Å². The monoisotopic (exact) mass is 323 g/mol. The summed E-state index contributed by atoms with van der Waals surface area (Å²) in [6, 6.07) is 7.31. The summed E-state index contributed by atoms with van der Waals surface area (Å²) in [6.45, 7) is 7.63. The topological polar surface area (TPSA) is 56.8 Å². The smallest absolute Gasteiger partial charge is 0.256 e. The highest BCUT2D eigenvalue weighted by Crippen LogP contribution is 2.22. The number of anilines is 1. The minimum Gasteiger partial charge on any atom is -0.491 e. The summed E-state index contributed by atoms with van der Waals surface area (Å²) >= 11 is 0. The first-order valence-corrected chi connectivity index (χ1v) is 8.23. The molecule has 0 saturated carbocycles. The first kappa shape index (κ1) is 19.5. The Bertz CT molecular complexity index is 461. The second-order valence-electron chi connectivity index (χ2n) is 5.56. The summed E-state index contributed by atoms with van der Waals surface area (Å²) in [5.74, 6) is 0.627. The van der Waals surface area contributed by atoms with Crippen LogP contribution in [0.3, 0.4) is 0 Å². The molecule has 1 atom stereocenters. The Kier molecular flexibility index (Phi) is 8.66. The van der Waals surface area contributed by atoms with E-state index in [1.54, 1.807) is 7.11 Å². The molecule has 23 heavy (non-hydrogen) atoms. The molecule has 5 heteroatoms. The van der Waals surface area contributed by atoms with E-state index in [4.69, 9.17) is 14.2 Å². The lowest BCUT2D eigenvalue weighted by Crippen LogP contribution is -2.41. The molecule has 1 rings (SSSR count). The lowest BCUT2D eigenvalue weighted by molar-refractivity contribution is -0.136. The van der Waals surface area contributed by atoms with E-state index in [9.17, 15) is 4.79 Å². The first-order valence-electron chi connectivity index (χ1n) is 8.23. The van der Waals surface area contributed by atoms with Crippen molar-refractivity contribution in [3.8, 4) is 5.75 Å². The number of hydrogen-bond acceptors (Lipinski definition) is 4. The Morgan fingerprint density at radius 2 is 1.87 bits per heavy atom. The summed E-state index contributed by atoms with van der Waals surface area (Å²) in [7, 11) is 1.57. The number of amides is 1. The van der Waals surface area contributed by atoms with E-state index >= 15 is 0 Å². The van der Waals surface area contributed by atoms with Gasteiger partial charge in [0.1, 0.15) is 18.0 Å². The zero-order valence-corrected chi connectivity index (χ0v) is 14.7. The van der Waals surface area contributed by atoms with Crippen LogP contribution in [0.25, 0.3) is 0 Å². The normalized spacial score (nSPS) is 13.4. The van der Waals surface area contributed by atoms with Gasteiger partial charge >= 0.3 is 0 Å². The van der Waals surface area contributed by atoms with Gasteiger partial charge in [0.25, 0.3) is 5.91 Å². The van der Waals surface area contributed by atoms with E-state index in [1.165, 1.54) is 0 Å². The van der Waals surface area contributed by atoms with Gasteiger partial charge in [-0.15, -0.1) is 0 Å². The van der Waals surface area contributed by atoms with Gasteiger partial charge in [0.05, 0.1) is 6.61 Å². The van der Waals surface area contributed by atoms with Crippen LogP contribution in [0, 0.1) is 0 Å². The molecular formula is C18H29NO4. The van der Waals surface area contributed by atoms with Crippen molar-refractivity contribution in [3.63, 3.8) is 0 Å². The fraction of sp³-hybridized carbons (Fsp3) is 0.611. The molecule has 0 saturated heterocycles. The van der Waals surface area contributed by atoms with E-state index < -0.39 is 5.60 Å². The van der Waals surface area contributed by atoms with Crippen LogP contribution in [0.4, 0.5) is 5.69 Å². The molecule has 0 unspecified atom stereocenters. The lowest BCUT2D eigenvalue weighted by atomic mass is 9.97. The average Bonchev–Trinajstić information content (AvgIpc) is 2.58. The maximum Gasteiger partial charge on any atom is 0.256 e. The van der Waals surface area contributed by atoms with Crippen molar-refractivity contribution in [3.05, 3.63) is 24.3 Å². The molecule has 0 aliphatic carbocycles. The molecular weight excluding hydrogens is 294 g/mol. The molecule has 1 amide bonds. The van der Waals surface area contributed by atoms with Gasteiger partial charge in [-0.1, -0.05) is 19.8 Å². The maximum absolute atomic E-state index is 12.4. The van der Waals surface area contributed by atoms with Crippen molar-refractivity contribution in [2.24, 2.45) is 0 Å². The first-order chi connectivity index (χ1) is 11.1. The zero-order valence-electron chi connectivity index (χ0n) is 14.7. The zero-order chi connectivity index (χ0) is 17.1. The number of benzene rings is 1. The number of carbonyl (C=O) groups is 1. The van der Waals surface area contributed by atoms with Crippen LogP contribution in [-0.2, 0) is 14.3 Å². The quantitative estimate of drug-likeness (QED) is 0.632. The summed E-state index contributed by atoms with van der Waals surface area (Å²) in [4.78, 5) is 12.4. The highest BCUT2D eigenvalue weighted by Gasteiger charge is 2.32. The summed E-state index contributed by atoms with van der Waals surface area (Å²) < 4.78 is 16.2. The Morgan fingerprint density at radius 3 is 2.43 bits per heavy atom. The van der Waals surface area contributed by atoms with Gasteiger partial charge in [0, 0.05) is 19.4 Å². The standard InChI is InChI=1S/C18H29NO4/c1-5-7-12-18(3,21-4)17(20)19-15-8-10-16(11-9-15)23-14-13-22-6-2/h8-11H,5-7,12-14H2,1-4H3,(H,19,20)/t18-/m1/s1. The molecule has 0 aromatic heterocycles.